The van der Waals surface area contributed by atoms with Crippen molar-refractivity contribution in [3.8, 4) is 0 Å². The fraction of sp³-hybridized carbons (Fsp3) is 0.200. The molecule has 0 fully saturated rings. The number of hydrogen-bond acceptors (Lipinski definition) is 3. The van der Waals surface area contributed by atoms with Crippen LogP contribution in [0.4, 0.5) is 18.9 Å². The number of carbonyl (C=O) groups excluding carboxylic acids is 2. The SMILES string of the molecule is NCC(=O)c1ccc(NC(=O)C(F)(F)F)cc1. The van der Waals surface area contributed by atoms with Crippen LogP contribution in [0.2, 0.25) is 0 Å². The van der Waals surface area contributed by atoms with E-state index in [0.29, 0.717) is 0 Å². The Balaban J connectivity index is 2.76. The summed E-state index contributed by atoms with van der Waals surface area (Å²) < 4.78 is 35.7. The molecule has 1 aromatic carbocycles. The normalized spacial score (nSPS) is 11.1. The lowest BCUT2D eigenvalue weighted by Crippen LogP contribution is -2.29. The zero-order chi connectivity index (χ0) is 13.1. The standard InChI is InChI=1S/C10H9F3N2O2/c11-10(12,13)9(17)15-7-3-1-6(2-4-7)8(16)5-14/h1-4H,5,14H2,(H,15,17). The minimum Gasteiger partial charge on any atom is -0.324 e. The molecule has 92 valence electrons. The molecule has 0 aliphatic carbocycles. The molecule has 0 bridgehead atoms. The first kappa shape index (κ1) is 13.2. The molecule has 1 rings (SSSR count). The van der Waals surface area contributed by atoms with Crippen molar-refractivity contribution in [3.63, 3.8) is 0 Å². The van der Waals surface area contributed by atoms with Crippen LogP contribution in [0, 0.1) is 0 Å². The zero-order valence-corrected chi connectivity index (χ0v) is 8.54. The highest BCUT2D eigenvalue weighted by atomic mass is 19.4. The summed E-state index contributed by atoms with van der Waals surface area (Å²) in [6.45, 7) is -0.186. The van der Waals surface area contributed by atoms with E-state index in [1.54, 1.807) is 5.32 Å². The average molecular weight is 246 g/mol. The van der Waals surface area contributed by atoms with E-state index in [4.69, 9.17) is 5.73 Å². The number of amides is 1. The quantitative estimate of drug-likeness (QED) is 0.790. The molecule has 0 heterocycles. The molecule has 1 aromatic rings. The predicted molar refractivity (Wildman–Crippen MR) is 54.5 cm³/mol. The van der Waals surface area contributed by atoms with Crippen molar-refractivity contribution in [1.29, 1.82) is 0 Å². The number of hydrogen-bond donors (Lipinski definition) is 2. The van der Waals surface area contributed by atoms with Gasteiger partial charge in [-0.1, -0.05) is 0 Å². The molecule has 4 nitrogen and oxygen atoms in total. The number of anilines is 1. The summed E-state index contributed by atoms with van der Waals surface area (Å²) >= 11 is 0. The first-order valence-corrected chi connectivity index (χ1v) is 4.56. The van der Waals surface area contributed by atoms with E-state index >= 15 is 0 Å². The predicted octanol–water partition coefficient (Wildman–Crippen LogP) is 1.33. The summed E-state index contributed by atoms with van der Waals surface area (Å²) in [6.07, 6.45) is -4.94. The first-order chi connectivity index (χ1) is 7.84. The van der Waals surface area contributed by atoms with Gasteiger partial charge in [-0.25, -0.2) is 0 Å². The fourth-order valence-corrected chi connectivity index (χ4v) is 1.06. The minimum atomic E-state index is -4.94. The summed E-state index contributed by atoms with van der Waals surface area (Å²) in [5.41, 5.74) is 5.35. The van der Waals surface area contributed by atoms with Crippen LogP contribution in [0.25, 0.3) is 0 Å². The van der Waals surface area contributed by atoms with Gasteiger partial charge in [0.1, 0.15) is 0 Å². The zero-order valence-electron chi connectivity index (χ0n) is 8.54. The van der Waals surface area contributed by atoms with Crippen molar-refractivity contribution in [2.45, 2.75) is 6.18 Å². The summed E-state index contributed by atoms with van der Waals surface area (Å²) in [6, 6.07) is 4.99. The highest BCUT2D eigenvalue weighted by Crippen LogP contribution is 2.18. The maximum atomic E-state index is 11.9. The number of alkyl halides is 3. The molecule has 0 spiro atoms. The Morgan fingerprint density at radius 2 is 1.71 bits per heavy atom. The third kappa shape index (κ3) is 3.56. The summed E-state index contributed by atoms with van der Waals surface area (Å²) in [4.78, 5) is 21.7. The van der Waals surface area contributed by atoms with Crippen molar-refractivity contribution in [3.05, 3.63) is 29.8 Å². The van der Waals surface area contributed by atoms with Crippen LogP contribution in [0.15, 0.2) is 24.3 Å². The molecule has 0 atom stereocenters. The number of benzene rings is 1. The molecule has 0 aliphatic heterocycles. The lowest BCUT2D eigenvalue weighted by Gasteiger charge is -2.08. The molecule has 0 aromatic heterocycles. The van der Waals surface area contributed by atoms with Crippen molar-refractivity contribution in [2.75, 3.05) is 11.9 Å². The molecular weight excluding hydrogens is 237 g/mol. The van der Waals surface area contributed by atoms with Crippen LogP contribution in [-0.4, -0.2) is 24.4 Å². The van der Waals surface area contributed by atoms with Crippen molar-refractivity contribution < 1.29 is 22.8 Å². The van der Waals surface area contributed by atoms with Gasteiger partial charge in [0.05, 0.1) is 6.54 Å². The van der Waals surface area contributed by atoms with Gasteiger partial charge in [-0.15, -0.1) is 0 Å². The average Bonchev–Trinajstić information content (AvgIpc) is 2.27. The molecule has 1 amide bonds. The lowest BCUT2D eigenvalue weighted by molar-refractivity contribution is -0.167. The summed E-state index contributed by atoms with van der Waals surface area (Å²) in [7, 11) is 0. The highest BCUT2D eigenvalue weighted by Gasteiger charge is 2.38. The topological polar surface area (TPSA) is 72.2 Å². The van der Waals surface area contributed by atoms with Crippen molar-refractivity contribution in [2.24, 2.45) is 5.73 Å². The van der Waals surface area contributed by atoms with Crippen LogP contribution in [-0.2, 0) is 4.79 Å². The first-order valence-electron chi connectivity index (χ1n) is 4.56. The Bertz CT molecular complexity index is 426. The Kier molecular flexibility index (Phi) is 3.84. The van der Waals surface area contributed by atoms with Gasteiger partial charge >= 0.3 is 12.1 Å². The van der Waals surface area contributed by atoms with Gasteiger partial charge in [0.25, 0.3) is 0 Å². The van der Waals surface area contributed by atoms with E-state index in [9.17, 15) is 22.8 Å². The van der Waals surface area contributed by atoms with Gasteiger partial charge in [-0.3, -0.25) is 9.59 Å². The van der Waals surface area contributed by atoms with Crippen LogP contribution in [0.3, 0.4) is 0 Å². The van der Waals surface area contributed by atoms with Gasteiger partial charge in [-0.2, -0.15) is 13.2 Å². The number of halogens is 3. The molecule has 0 aliphatic rings. The lowest BCUT2D eigenvalue weighted by atomic mass is 10.1. The number of nitrogens with two attached hydrogens (primary N) is 1. The van der Waals surface area contributed by atoms with Crippen LogP contribution in [0.1, 0.15) is 10.4 Å². The Hall–Kier alpha value is -1.89. The monoisotopic (exact) mass is 246 g/mol. The molecule has 0 radical (unpaired) electrons. The van der Waals surface area contributed by atoms with Crippen molar-refractivity contribution >= 4 is 17.4 Å². The molecule has 0 unspecified atom stereocenters. The Morgan fingerprint density at radius 3 is 2.12 bits per heavy atom. The van der Waals surface area contributed by atoms with Gasteiger partial charge < -0.3 is 11.1 Å². The molecule has 0 saturated heterocycles. The van der Waals surface area contributed by atoms with E-state index in [-0.39, 0.29) is 23.6 Å². The Morgan fingerprint density at radius 1 is 1.18 bits per heavy atom. The number of Topliss-reactive ketones (excluding diaryl/α,β-unsaturated/α-hetero) is 1. The van der Waals surface area contributed by atoms with Gasteiger partial charge in [0.15, 0.2) is 5.78 Å². The molecular formula is C10H9F3N2O2. The van der Waals surface area contributed by atoms with E-state index < -0.39 is 12.1 Å². The summed E-state index contributed by atoms with van der Waals surface area (Å²) in [5, 5.41) is 1.66. The number of rotatable bonds is 3. The van der Waals surface area contributed by atoms with Gasteiger partial charge in [0, 0.05) is 11.3 Å². The molecule has 7 heteroatoms. The third-order valence-corrected chi connectivity index (χ3v) is 1.91. The fourth-order valence-electron chi connectivity index (χ4n) is 1.06. The number of carbonyl (C=O) groups is 2. The van der Waals surface area contributed by atoms with E-state index in [2.05, 4.69) is 0 Å². The second kappa shape index (κ2) is 4.96. The van der Waals surface area contributed by atoms with Crippen LogP contribution in [0.5, 0.6) is 0 Å². The molecule has 17 heavy (non-hydrogen) atoms. The molecule has 3 N–H and O–H groups in total. The highest BCUT2D eigenvalue weighted by molar-refractivity contribution is 5.99. The maximum absolute atomic E-state index is 11.9. The van der Waals surface area contributed by atoms with Gasteiger partial charge in [0.2, 0.25) is 0 Å². The van der Waals surface area contributed by atoms with E-state index in [1.807, 2.05) is 0 Å². The second-order valence-corrected chi connectivity index (χ2v) is 3.16. The smallest absolute Gasteiger partial charge is 0.324 e. The summed E-state index contributed by atoms with van der Waals surface area (Å²) in [5.74, 6) is -2.39. The maximum Gasteiger partial charge on any atom is 0.471 e. The third-order valence-electron chi connectivity index (χ3n) is 1.91. The van der Waals surface area contributed by atoms with Crippen molar-refractivity contribution in [1.82, 2.24) is 0 Å². The van der Waals surface area contributed by atoms with Crippen LogP contribution >= 0.6 is 0 Å². The van der Waals surface area contributed by atoms with Gasteiger partial charge in [-0.05, 0) is 24.3 Å². The molecule has 0 saturated carbocycles. The Labute approximate surface area is 94.6 Å². The largest absolute Gasteiger partial charge is 0.471 e. The van der Waals surface area contributed by atoms with Crippen LogP contribution < -0.4 is 11.1 Å². The minimum absolute atomic E-state index is 0.0408. The van der Waals surface area contributed by atoms with E-state index in [0.717, 1.165) is 0 Å². The number of nitrogens with one attached hydrogen (secondary N) is 1. The van der Waals surface area contributed by atoms with E-state index in [1.165, 1.54) is 24.3 Å². The number of ketones is 1. The second-order valence-electron chi connectivity index (χ2n) is 3.16.